The van der Waals surface area contributed by atoms with Crippen molar-refractivity contribution in [2.75, 3.05) is 31.2 Å². The average molecular weight is 280 g/mol. The highest BCUT2D eigenvalue weighted by atomic mass is 16.5. The lowest BCUT2D eigenvalue weighted by atomic mass is 10.0. The SMILES string of the molecule is CCOCCN(CC)c1nnc(CC)c(CC)c1CN. The van der Waals surface area contributed by atoms with E-state index in [9.17, 15) is 0 Å². The zero-order valence-corrected chi connectivity index (χ0v) is 13.3. The van der Waals surface area contributed by atoms with Gasteiger partial charge in [-0.3, -0.25) is 0 Å². The van der Waals surface area contributed by atoms with Gasteiger partial charge in [-0.1, -0.05) is 13.8 Å². The summed E-state index contributed by atoms with van der Waals surface area (Å²) < 4.78 is 5.44. The Morgan fingerprint density at radius 1 is 1.05 bits per heavy atom. The molecular formula is C15H28N4O. The molecule has 0 aliphatic rings. The van der Waals surface area contributed by atoms with Crippen molar-refractivity contribution in [3.05, 3.63) is 16.8 Å². The van der Waals surface area contributed by atoms with Gasteiger partial charge in [0.2, 0.25) is 0 Å². The van der Waals surface area contributed by atoms with Crippen molar-refractivity contribution in [3.63, 3.8) is 0 Å². The predicted molar refractivity (Wildman–Crippen MR) is 83.1 cm³/mol. The fourth-order valence-electron chi connectivity index (χ4n) is 2.44. The molecule has 0 unspecified atom stereocenters. The van der Waals surface area contributed by atoms with Crippen LogP contribution in [-0.2, 0) is 24.1 Å². The van der Waals surface area contributed by atoms with E-state index in [-0.39, 0.29) is 0 Å². The van der Waals surface area contributed by atoms with Crippen molar-refractivity contribution in [2.45, 2.75) is 47.1 Å². The Morgan fingerprint density at radius 2 is 1.80 bits per heavy atom. The minimum Gasteiger partial charge on any atom is -0.380 e. The van der Waals surface area contributed by atoms with Gasteiger partial charge in [0.1, 0.15) is 0 Å². The van der Waals surface area contributed by atoms with Crippen LogP contribution in [0.5, 0.6) is 0 Å². The van der Waals surface area contributed by atoms with E-state index in [1.807, 2.05) is 6.92 Å². The van der Waals surface area contributed by atoms with Gasteiger partial charge in [-0.2, -0.15) is 5.10 Å². The number of rotatable bonds is 9. The summed E-state index contributed by atoms with van der Waals surface area (Å²) >= 11 is 0. The normalized spacial score (nSPS) is 10.8. The summed E-state index contributed by atoms with van der Waals surface area (Å²) in [7, 11) is 0. The van der Waals surface area contributed by atoms with Crippen LogP contribution in [0.25, 0.3) is 0 Å². The lowest BCUT2D eigenvalue weighted by Crippen LogP contribution is -2.30. The van der Waals surface area contributed by atoms with Gasteiger partial charge in [-0.25, -0.2) is 0 Å². The van der Waals surface area contributed by atoms with Crippen molar-refractivity contribution >= 4 is 5.82 Å². The fourth-order valence-corrected chi connectivity index (χ4v) is 2.44. The van der Waals surface area contributed by atoms with E-state index in [1.165, 1.54) is 5.56 Å². The Hall–Kier alpha value is -1.20. The first kappa shape index (κ1) is 16.9. The Morgan fingerprint density at radius 3 is 2.30 bits per heavy atom. The molecule has 0 atom stereocenters. The molecule has 0 saturated heterocycles. The average Bonchev–Trinajstić information content (AvgIpc) is 2.50. The van der Waals surface area contributed by atoms with E-state index in [0.717, 1.165) is 49.6 Å². The summed E-state index contributed by atoms with van der Waals surface area (Å²) in [6, 6.07) is 0. The minimum absolute atomic E-state index is 0.506. The lowest BCUT2D eigenvalue weighted by Gasteiger charge is -2.25. The van der Waals surface area contributed by atoms with E-state index >= 15 is 0 Å². The summed E-state index contributed by atoms with van der Waals surface area (Å²) in [5.41, 5.74) is 9.44. The van der Waals surface area contributed by atoms with Crippen LogP contribution in [0.4, 0.5) is 5.82 Å². The zero-order valence-electron chi connectivity index (χ0n) is 13.3. The van der Waals surface area contributed by atoms with Crippen molar-refractivity contribution in [3.8, 4) is 0 Å². The second-order valence-electron chi connectivity index (χ2n) is 4.62. The largest absolute Gasteiger partial charge is 0.380 e. The highest BCUT2D eigenvalue weighted by molar-refractivity contribution is 5.51. The maximum atomic E-state index is 5.97. The molecule has 5 nitrogen and oxygen atoms in total. The first-order valence-electron chi connectivity index (χ1n) is 7.63. The lowest BCUT2D eigenvalue weighted by molar-refractivity contribution is 0.154. The molecular weight excluding hydrogens is 252 g/mol. The molecule has 0 aromatic carbocycles. The topological polar surface area (TPSA) is 64.3 Å². The molecule has 0 aliphatic carbocycles. The maximum absolute atomic E-state index is 5.97. The van der Waals surface area contributed by atoms with Gasteiger partial charge in [0, 0.05) is 31.8 Å². The summed E-state index contributed by atoms with van der Waals surface area (Å²) in [5, 5.41) is 8.80. The maximum Gasteiger partial charge on any atom is 0.156 e. The highest BCUT2D eigenvalue weighted by Gasteiger charge is 2.17. The van der Waals surface area contributed by atoms with E-state index in [1.54, 1.807) is 0 Å². The van der Waals surface area contributed by atoms with Crippen LogP contribution in [0, 0.1) is 0 Å². The first-order valence-corrected chi connectivity index (χ1v) is 7.63. The number of aromatic nitrogens is 2. The minimum atomic E-state index is 0.506. The number of anilines is 1. The number of hydrogen-bond acceptors (Lipinski definition) is 5. The smallest absolute Gasteiger partial charge is 0.156 e. The Bertz CT molecular complexity index is 409. The van der Waals surface area contributed by atoms with Gasteiger partial charge in [0.05, 0.1) is 12.3 Å². The van der Waals surface area contributed by atoms with Crippen LogP contribution in [0.15, 0.2) is 0 Å². The third-order valence-electron chi connectivity index (χ3n) is 3.53. The third-order valence-corrected chi connectivity index (χ3v) is 3.53. The molecule has 114 valence electrons. The molecule has 0 fully saturated rings. The van der Waals surface area contributed by atoms with Crippen LogP contribution in [0.2, 0.25) is 0 Å². The van der Waals surface area contributed by atoms with Crippen LogP contribution in [0.1, 0.15) is 44.5 Å². The van der Waals surface area contributed by atoms with Gasteiger partial charge in [-0.05, 0) is 32.3 Å². The Balaban J connectivity index is 3.08. The molecule has 0 spiro atoms. The second-order valence-corrected chi connectivity index (χ2v) is 4.62. The molecule has 1 rings (SSSR count). The number of ether oxygens (including phenoxy) is 1. The van der Waals surface area contributed by atoms with E-state index in [2.05, 4.69) is 35.9 Å². The summed E-state index contributed by atoms with van der Waals surface area (Å²) in [4.78, 5) is 2.20. The van der Waals surface area contributed by atoms with Crippen molar-refractivity contribution in [1.82, 2.24) is 10.2 Å². The van der Waals surface area contributed by atoms with Gasteiger partial charge >= 0.3 is 0 Å². The molecule has 1 aromatic rings. The molecule has 0 aliphatic heterocycles. The van der Waals surface area contributed by atoms with E-state index in [4.69, 9.17) is 10.5 Å². The van der Waals surface area contributed by atoms with Gasteiger partial charge in [0.15, 0.2) is 5.82 Å². The van der Waals surface area contributed by atoms with Crippen LogP contribution in [-0.4, -0.2) is 36.5 Å². The van der Waals surface area contributed by atoms with Crippen LogP contribution in [0.3, 0.4) is 0 Å². The third kappa shape index (κ3) is 3.90. The molecule has 20 heavy (non-hydrogen) atoms. The molecule has 2 N–H and O–H groups in total. The standard InChI is InChI=1S/C15H28N4O/c1-5-12-13(11-16)15(18-17-14(12)6-2)19(7-3)9-10-20-8-4/h5-11,16H2,1-4H3. The van der Waals surface area contributed by atoms with Gasteiger partial charge in [-0.15, -0.1) is 5.10 Å². The van der Waals surface area contributed by atoms with Crippen LogP contribution >= 0.6 is 0 Å². The second kappa shape index (κ2) is 8.87. The molecule has 1 heterocycles. The summed E-state index contributed by atoms with van der Waals surface area (Å²) in [6.45, 7) is 12.0. The van der Waals surface area contributed by atoms with Gasteiger partial charge < -0.3 is 15.4 Å². The predicted octanol–water partition coefficient (Wildman–Crippen LogP) is 1.92. The summed E-state index contributed by atoms with van der Waals surface area (Å²) in [6.07, 6.45) is 1.84. The van der Waals surface area contributed by atoms with Crippen LogP contribution < -0.4 is 10.6 Å². The first-order chi connectivity index (χ1) is 9.73. The molecule has 1 aromatic heterocycles. The monoisotopic (exact) mass is 280 g/mol. The molecule has 5 heteroatoms. The van der Waals surface area contributed by atoms with E-state index < -0.39 is 0 Å². The molecule has 0 radical (unpaired) electrons. The Labute approximate surface area is 122 Å². The van der Waals surface area contributed by atoms with Crippen molar-refractivity contribution in [1.29, 1.82) is 0 Å². The number of likely N-dealkylation sites (N-methyl/N-ethyl adjacent to an activating group) is 1. The van der Waals surface area contributed by atoms with E-state index in [0.29, 0.717) is 13.2 Å². The molecule has 0 bridgehead atoms. The fraction of sp³-hybridized carbons (Fsp3) is 0.733. The Kier molecular flexibility index (Phi) is 7.47. The molecule has 0 saturated carbocycles. The number of aryl methyl sites for hydroxylation is 1. The highest BCUT2D eigenvalue weighted by Crippen LogP contribution is 2.23. The van der Waals surface area contributed by atoms with Crippen molar-refractivity contribution in [2.24, 2.45) is 5.73 Å². The quantitative estimate of drug-likeness (QED) is 0.700. The van der Waals surface area contributed by atoms with Gasteiger partial charge in [0.25, 0.3) is 0 Å². The zero-order chi connectivity index (χ0) is 15.0. The number of nitrogens with two attached hydrogens (primary N) is 1. The number of hydrogen-bond donors (Lipinski definition) is 1. The number of nitrogens with zero attached hydrogens (tertiary/aromatic N) is 3. The molecule has 0 amide bonds. The summed E-state index contributed by atoms with van der Waals surface area (Å²) in [5.74, 6) is 0.920. The van der Waals surface area contributed by atoms with Crippen molar-refractivity contribution < 1.29 is 4.74 Å².